The van der Waals surface area contributed by atoms with E-state index in [-0.39, 0.29) is 6.04 Å². The fourth-order valence-corrected chi connectivity index (χ4v) is 2.38. The predicted octanol–water partition coefficient (Wildman–Crippen LogP) is 2.56. The molecule has 1 aromatic rings. The molecule has 0 bridgehead atoms. The monoisotopic (exact) mass is 264 g/mol. The van der Waals surface area contributed by atoms with E-state index in [2.05, 4.69) is 30.2 Å². The van der Waals surface area contributed by atoms with Crippen molar-refractivity contribution in [1.29, 1.82) is 0 Å². The largest absolute Gasteiger partial charge is 0.477 e. The van der Waals surface area contributed by atoms with Crippen molar-refractivity contribution in [3.05, 3.63) is 23.9 Å². The molecule has 2 rings (SSSR count). The Bertz CT molecular complexity index is 378. The third-order valence-corrected chi connectivity index (χ3v) is 3.57. The topological polar surface area (TPSA) is 43.4 Å². The van der Waals surface area contributed by atoms with E-state index in [1.165, 1.54) is 0 Å². The number of nitrogens with zero attached hydrogens (tertiary/aromatic N) is 1. The van der Waals surface area contributed by atoms with Crippen molar-refractivity contribution in [2.24, 2.45) is 5.92 Å². The van der Waals surface area contributed by atoms with Crippen LogP contribution in [0.4, 0.5) is 0 Å². The summed E-state index contributed by atoms with van der Waals surface area (Å²) in [5, 5.41) is 3.40. The predicted molar refractivity (Wildman–Crippen MR) is 75.4 cm³/mol. The Kier molecular flexibility index (Phi) is 5.61. The van der Waals surface area contributed by atoms with Crippen LogP contribution in [0.2, 0.25) is 0 Å². The molecule has 0 amide bonds. The molecule has 0 radical (unpaired) electrons. The summed E-state index contributed by atoms with van der Waals surface area (Å²) in [6.45, 7) is 7.65. The van der Waals surface area contributed by atoms with Gasteiger partial charge in [0.25, 0.3) is 0 Å². The molecular formula is C15H24N2O2. The van der Waals surface area contributed by atoms with E-state index in [9.17, 15) is 0 Å². The third kappa shape index (κ3) is 4.18. The summed E-state index contributed by atoms with van der Waals surface area (Å²) < 4.78 is 11.3. The lowest BCUT2D eigenvalue weighted by Gasteiger charge is -2.23. The van der Waals surface area contributed by atoms with E-state index in [0.29, 0.717) is 5.92 Å². The maximum atomic E-state index is 5.94. The minimum Gasteiger partial charge on any atom is -0.477 e. The number of hydrogen-bond acceptors (Lipinski definition) is 4. The highest BCUT2D eigenvalue weighted by Gasteiger charge is 2.17. The number of hydrogen-bond donors (Lipinski definition) is 1. The molecule has 1 atom stereocenters. The van der Waals surface area contributed by atoms with Crippen LogP contribution in [0, 0.1) is 5.92 Å². The summed E-state index contributed by atoms with van der Waals surface area (Å²) in [6.07, 6.45) is 3.97. The summed E-state index contributed by atoms with van der Waals surface area (Å²) >= 11 is 0. The second kappa shape index (κ2) is 7.46. The molecule has 1 unspecified atom stereocenters. The number of ether oxygens (including phenoxy) is 2. The fraction of sp³-hybridized carbons (Fsp3) is 0.667. The number of aromatic nitrogens is 1. The van der Waals surface area contributed by atoms with Gasteiger partial charge in [0.05, 0.1) is 6.61 Å². The molecule has 4 nitrogen and oxygen atoms in total. The van der Waals surface area contributed by atoms with Crippen LogP contribution in [-0.4, -0.2) is 31.3 Å². The van der Waals surface area contributed by atoms with Gasteiger partial charge >= 0.3 is 0 Å². The van der Waals surface area contributed by atoms with Crippen LogP contribution >= 0.6 is 0 Å². The van der Waals surface area contributed by atoms with E-state index in [4.69, 9.17) is 9.47 Å². The average molecular weight is 264 g/mol. The Hall–Kier alpha value is -1.13. The number of rotatable bonds is 6. The number of nitrogens with one attached hydrogen (secondary N) is 1. The molecule has 106 valence electrons. The summed E-state index contributed by atoms with van der Waals surface area (Å²) in [4.78, 5) is 4.37. The number of pyridine rings is 1. The first-order chi connectivity index (χ1) is 9.31. The second-order valence-corrected chi connectivity index (χ2v) is 5.04. The van der Waals surface area contributed by atoms with Crippen molar-refractivity contribution >= 4 is 0 Å². The Morgan fingerprint density at radius 1 is 1.47 bits per heavy atom. The Balaban J connectivity index is 1.94. The highest BCUT2D eigenvalue weighted by molar-refractivity contribution is 5.28. The highest BCUT2D eigenvalue weighted by Crippen LogP contribution is 2.24. The molecule has 2 heterocycles. The quantitative estimate of drug-likeness (QED) is 0.857. The van der Waals surface area contributed by atoms with Crippen LogP contribution < -0.4 is 10.1 Å². The van der Waals surface area contributed by atoms with Crippen LogP contribution in [-0.2, 0) is 4.74 Å². The van der Waals surface area contributed by atoms with E-state index < -0.39 is 0 Å². The second-order valence-electron chi connectivity index (χ2n) is 5.04. The average Bonchev–Trinajstić information content (AvgIpc) is 2.47. The zero-order chi connectivity index (χ0) is 13.5. The van der Waals surface area contributed by atoms with Crippen LogP contribution in [0.15, 0.2) is 18.3 Å². The van der Waals surface area contributed by atoms with Gasteiger partial charge in [0.1, 0.15) is 0 Å². The van der Waals surface area contributed by atoms with Gasteiger partial charge in [-0.2, -0.15) is 0 Å². The van der Waals surface area contributed by atoms with Gasteiger partial charge in [0.15, 0.2) is 0 Å². The molecule has 19 heavy (non-hydrogen) atoms. The van der Waals surface area contributed by atoms with Gasteiger partial charge in [-0.05, 0) is 38.3 Å². The molecule has 4 heteroatoms. The third-order valence-electron chi connectivity index (χ3n) is 3.57. The van der Waals surface area contributed by atoms with Gasteiger partial charge < -0.3 is 14.8 Å². The molecule has 1 fully saturated rings. The normalized spacial score (nSPS) is 18.2. The molecule has 0 saturated carbocycles. The van der Waals surface area contributed by atoms with Gasteiger partial charge in [0.2, 0.25) is 5.88 Å². The van der Waals surface area contributed by atoms with Crippen LogP contribution in [0.5, 0.6) is 5.88 Å². The zero-order valence-corrected chi connectivity index (χ0v) is 11.9. The maximum Gasteiger partial charge on any atom is 0.218 e. The minimum absolute atomic E-state index is 0.267. The lowest BCUT2D eigenvalue weighted by molar-refractivity contribution is 0.0488. The van der Waals surface area contributed by atoms with Crippen LogP contribution in [0.3, 0.4) is 0 Å². The fourth-order valence-electron chi connectivity index (χ4n) is 2.38. The zero-order valence-electron chi connectivity index (χ0n) is 11.9. The van der Waals surface area contributed by atoms with Gasteiger partial charge in [-0.25, -0.2) is 4.98 Å². The standard InChI is InChI=1S/C15H24N2O2/c1-3-16-12(2)14-5-4-8-17-15(14)19-11-13-6-9-18-10-7-13/h4-5,8,12-13,16H,3,6-7,9-11H2,1-2H3. The van der Waals surface area contributed by atoms with Gasteiger partial charge in [0, 0.05) is 31.0 Å². The smallest absolute Gasteiger partial charge is 0.218 e. The minimum atomic E-state index is 0.267. The van der Waals surface area contributed by atoms with Crippen molar-refractivity contribution in [3.63, 3.8) is 0 Å². The molecule has 1 aliphatic rings. The van der Waals surface area contributed by atoms with Crippen LogP contribution in [0.1, 0.15) is 38.3 Å². The summed E-state index contributed by atoms with van der Waals surface area (Å²) in [6, 6.07) is 4.31. The molecule has 0 aliphatic carbocycles. The molecule has 1 aromatic heterocycles. The highest BCUT2D eigenvalue weighted by atomic mass is 16.5. The van der Waals surface area contributed by atoms with E-state index in [1.54, 1.807) is 6.20 Å². The SMILES string of the molecule is CCNC(C)c1cccnc1OCC1CCOCC1. The summed E-state index contributed by atoms with van der Waals surface area (Å²) in [5.74, 6) is 1.36. The van der Waals surface area contributed by atoms with Gasteiger partial charge in [-0.1, -0.05) is 13.0 Å². The lowest BCUT2D eigenvalue weighted by Crippen LogP contribution is -2.23. The Morgan fingerprint density at radius 3 is 3.00 bits per heavy atom. The molecule has 1 saturated heterocycles. The van der Waals surface area contributed by atoms with Crippen molar-refractivity contribution in [2.75, 3.05) is 26.4 Å². The molecular weight excluding hydrogens is 240 g/mol. The summed E-state index contributed by atoms with van der Waals surface area (Å²) in [5.41, 5.74) is 1.14. The van der Waals surface area contributed by atoms with E-state index >= 15 is 0 Å². The Labute approximate surface area is 115 Å². The molecule has 0 aromatic carbocycles. The van der Waals surface area contributed by atoms with Crippen molar-refractivity contribution in [1.82, 2.24) is 10.3 Å². The van der Waals surface area contributed by atoms with E-state index in [0.717, 1.165) is 50.7 Å². The molecule has 1 N–H and O–H groups in total. The first kappa shape index (κ1) is 14.3. The van der Waals surface area contributed by atoms with Crippen molar-refractivity contribution in [3.8, 4) is 5.88 Å². The van der Waals surface area contributed by atoms with E-state index in [1.807, 2.05) is 6.07 Å². The van der Waals surface area contributed by atoms with Gasteiger partial charge in [-0.3, -0.25) is 0 Å². The molecule has 1 aliphatic heterocycles. The lowest BCUT2D eigenvalue weighted by atomic mass is 10.0. The first-order valence-electron chi connectivity index (χ1n) is 7.20. The summed E-state index contributed by atoms with van der Waals surface area (Å²) in [7, 11) is 0. The molecule has 0 spiro atoms. The van der Waals surface area contributed by atoms with Crippen molar-refractivity contribution < 1.29 is 9.47 Å². The van der Waals surface area contributed by atoms with Crippen molar-refractivity contribution in [2.45, 2.75) is 32.7 Å². The Morgan fingerprint density at radius 2 is 2.26 bits per heavy atom. The first-order valence-corrected chi connectivity index (χ1v) is 7.20. The van der Waals surface area contributed by atoms with Crippen LogP contribution in [0.25, 0.3) is 0 Å². The van der Waals surface area contributed by atoms with Gasteiger partial charge in [-0.15, -0.1) is 0 Å². The maximum absolute atomic E-state index is 5.94.